The topological polar surface area (TPSA) is 76.7 Å². The Labute approximate surface area is 140 Å². The van der Waals surface area contributed by atoms with E-state index in [2.05, 4.69) is 10.6 Å². The summed E-state index contributed by atoms with van der Waals surface area (Å²) in [5.74, 6) is 0.299. The molecule has 0 saturated carbocycles. The predicted molar refractivity (Wildman–Crippen MR) is 92.8 cm³/mol. The smallest absolute Gasteiger partial charge is 0.338 e. The van der Waals surface area contributed by atoms with E-state index in [1.54, 1.807) is 50.4 Å². The van der Waals surface area contributed by atoms with Gasteiger partial charge in [0.25, 0.3) is 0 Å². The van der Waals surface area contributed by atoms with Gasteiger partial charge in [-0.2, -0.15) is 0 Å². The van der Waals surface area contributed by atoms with E-state index in [1.807, 2.05) is 13.0 Å². The SMILES string of the molecule is CCOC(=O)c1cccc(NC(=O)Nc2ccc(OC)cc2C)c1. The van der Waals surface area contributed by atoms with E-state index in [9.17, 15) is 9.59 Å². The van der Waals surface area contributed by atoms with E-state index < -0.39 is 12.0 Å². The molecule has 0 heterocycles. The molecule has 0 atom stereocenters. The fraction of sp³-hybridized carbons (Fsp3) is 0.222. The fourth-order valence-corrected chi connectivity index (χ4v) is 2.13. The highest BCUT2D eigenvalue weighted by Gasteiger charge is 2.09. The average Bonchev–Trinajstić information content (AvgIpc) is 2.57. The lowest BCUT2D eigenvalue weighted by molar-refractivity contribution is 0.0526. The Morgan fingerprint density at radius 2 is 1.88 bits per heavy atom. The van der Waals surface area contributed by atoms with Gasteiger partial charge in [-0.3, -0.25) is 0 Å². The van der Waals surface area contributed by atoms with Crippen LogP contribution >= 0.6 is 0 Å². The Balaban J connectivity index is 2.05. The Kier molecular flexibility index (Phi) is 5.78. The lowest BCUT2D eigenvalue weighted by atomic mass is 10.2. The third-order valence-corrected chi connectivity index (χ3v) is 3.31. The highest BCUT2D eigenvalue weighted by molar-refractivity contribution is 6.01. The third kappa shape index (κ3) is 4.49. The normalized spacial score (nSPS) is 9.96. The van der Waals surface area contributed by atoms with Crippen molar-refractivity contribution in [3.63, 3.8) is 0 Å². The van der Waals surface area contributed by atoms with Crippen LogP contribution in [0.5, 0.6) is 5.75 Å². The minimum atomic E-state index is -0.424. The van der Waals surface area contributed by atoms with Crippen LogP contribution in [-0.4, -0.2) is 25.7 Å². The first-order chi connectivity index (χ1) is 11.5. The number of methoxy groups -OCH3 is 1. The molecule has 2 aromatic carbocycles. The summed E-state index contributed by atoms with van der Waals surface area (Å²) in [5.41, 5.74) is 2.44. The fourth-order valence-electron chi connectivity index (χ4n) is 2.13. The number of ether oxygens (including phenoxy) is 2. The molecule has 0 aliphatic rings. The van der Waals surface area contributed by atoms with Crippen LogP contribution in [0.2, 0.25) is 0 Å². The molecule has 6 nitrogen and oxygen atoms in total. The molecule has 2 N–H and O–H groups in total. The average molecular weight is 328 g/mol. The van der Waals surface area contributed by atoms with Gasteiger partial charge in [-0.1, -0.05) is 6.07 Å². The number of hydrogen-bond donors (Lipinski definition) is 2. The first kappa shape index (κ1) is 17.3. The molecule has 2 amide bonds. The van der Waals surface area contributed by atoms with E-state index in [0.717, 1.165) is 11.3 Å². The maximum absolute atomic E-state index is 12.1. The van der Waals surface area contributed by atoms with Crippen molar-refractivity contribution in [2.45, 2.75) is 13.8 Å². The summed E-state index contributed by atoms with van der Waals surface area (Å²) in [7, 11) is 1.59. The van der Waals surface area contributed by atoms with Crippen LogP contribution in [0.15, 0.2) is 42.5 Å². The van der Waals surface area contributed by atoms with Crippen LogP contribution in [0.3, 0.4) is 0 Å². The highest BCUT2D eigenvalue weighted by Crippen LogP contribution is 2.21. The van der Waals surface area contributed by atoms with E-state index in [0.29, 0.717) is 23.5 Å². The van der Waals surface area contributed by atoms with Crippen LogP contribution < -0.4 is 15.4 Å². The van der Waals surface area contributed by atoms with Crippen molar-refractivity contribution in [2.75, 3.05) is 24.4 Å². The number of esters is 1. The number of anilines is 2. The lowest BCUT2D eigenvalue weighted by Crippen LogP contribution is -2.20. The van der Waals surface area contributed by atoms with Crippen molar-refractivity contribution in [1.82, 2.24) is 0 Å². The van der Waals surface area contributed by atoms with Gasteiger partial charge in [0, 0.05) is 11.4 Å². The minimum Gasteiger partial charge on any atom is -0.497 e. The molecule has 24 heavy (non-hydrogen) atoms. The van der Waals surface area contributed by atoms with Gasteiger partial charge >= 0.3 is 12.0 Å². The first-order valence-electron chi connectivity index (χ1n) is 7.53. The van der Waals surface area contributed by atoms with Gasteiger partial charge in [-0.25, -0.2) is 9.59 Å². The molecule has 2 rings (SSSR count). The number of rotatable bonds is 5. The van der Waals surface area contributed by atoms with Gasteiger partial charge in [-0.15, -0.1) is 0 Å². The largest absolute Gasteiger partial charge is 0.497 e. The van der Waals surface area contributed by atoms with Gasteiger partial charge in [0.15, 0.2) is 0 Å². The van der Waals surface area contributed by atoms with Crippen LogP contribution in [0, 0.1) is 6.92 Å². The van der Waals surface area contributed by atoms with Crippen LogP contribution in [-0.2, 0) is 4.74 Å². The molecule has 0 saturated heterocycles. The second kappa shape index (κ2) is 8.01. The van der Waals surface area contributed by atoms with Gasteiger partial charge in [-0.05, 0) is 55.8 Å². The van der Waals surface area contributed by atoms with Crippen LogP contribution in [0.4, 0.5) is 16.2 Å². The highest BCUT2D eigenvalue weighted by atomic mass is 16.5. The molecule has 0 unspecified atom stereocenters. The second-order valence-corrected chi connectivity index (χ2v) is 5.06. The maximum atomic E-state index is 12.1. The standard InChI is InChI=1S/C18H20N2O4/c1-4-24-17(21)13-6-5-7-14(11-13)19-18(22)20-16-9-8-15(23-3)10-12(16)2/h5-11H,4H2,1-3H3,(H2,19,20,22). The van der Waals surface area contributed by atoms with E-state index in [1.165, 1.54) is 0 Å². The molecule has 6 heteroatoms. The second-order valence-electron chi connectivity index (χ2n) is 5.06. The van der Waals surface area contributed by atoms with Gasteiger partial charge in [0.05, 0.1) is 19.3 Å². The van der Waals surface area contributed by atoms with Crippen molar-refractivity contribution in [2.24, 2.45) is 0 Å². The number of aryl methyl sites for hydroxylation is 1. The number of carbonyl (C=O) groups excluding carboxylic acids is 2. The number of nitrogens with one attached hydrogen (secondary N) is 2. The lowest BCUT2D eigenvalue weighted by Gasteiger charge is -2.11. The summed E-state index contributed by atoms with van der Waals surface area (Å²) >= 11 is 0. The summed E-state index contributed by atoms with van der Waals surface area (Å²) in [5, 5.41) is 5.46. The Morgan fingerprint density at radius 1 is 1.08 bits per heavy atom. The van der Waals surface area contributed by atoms with Crippen LogP contribution in [0.25, 0.3) is 0 Å². The zero-order valence-electron chi connectivity index (χ0n) is 13.9. The summed E-state index contributed by atoms with van der Waals surface area (Å²) in [6, 6.07) is 11.5. The molecular formula is C18H20N2O4. The first-order valence-corrected chi connectivity index (χ1v) is 7.53. The van der Waals surface area contributed by atoms with Gasteiger partial charge in [0.1, 0.15) is 5.75 Å². The third-order valence-electron chi connectivity index (χ3n) is 3.31. The quantitative estimate of drug-likeness (QED) is 0.818. The van der Waals surface area contributed by atoms with Crippen molar-refractivity contribution >= 4 is 23.4 Å². The molecule has 0 radical (unpaired) electrons. The molecule has 0 bridgehead atoms. The molecule has 0 fully saturated rings. The predicted octanol–water partition coefficient (Wildman–Crippen LogP) is 3.82. The van der Waals surface area contributed by atoms with Crippen LogP contribution in [0.1, 0.15) is 22.8 Å². The zero-order chi connectivity index (χ0) is 17.5. The van der Waals surface area contributed by atoms with E-state index >= 15 is 0 Å². The van der Waals surface area contributed by atoms with Crippen molar-refractivity contribution in [3.05, 3.63) is 53.6 Å². The zero-order valence-corrected chi connectivity index (χ0v) is 13.9. The summed E-state index contributed by atoms with van der Waals surface area (Å²) in [4.78, 5) is 23.8. The van der Waals surface area contributed by atoms with Crippen molar-refractivity contribution in [3.8, 4) is 5.75 Å². The molecule has 2 aromatic rings. The molecule has 0 aromatic heterocycles. The summed E-state index contributed by atoms with van der Waals surface area (Å²) < 4.78 is 10.1. The minimum absolute atomic E-state index is 0.299. The molecule has 126 valence electrons. The van der Waals surface area contributed by atoms with Crippen molar-refractivity contribution < 1.29 is 19.1 Å². The summed E-state index contributed by atoms with van der Waals surface area (Å²) in [6.45, 7) is 3.91. The molecular weight excluding hydrogens is 308 g/mol. The monoisotopic (exact) mass is 328 g/mol. The molecule has 0 aliphatic carbocycles. The Morgan fingerprint density at radius 3 is 2.54 bits per heavy atom. The number of hydrogen-bond acceptors (Lipinski definition) is 4. The molecule has 0 spiro atoms. The Hall–Kier alpha value is -3.02. The number of amides is 2. The van der Waals surface area contributed by atoms with E-state index in [4.69, 9.17) is 9.47 Å². The number of urea groups is 1. The van der Waals surface area contributed by atoms with E-state index in [-0.39, 0.29) is 0 Å². The Bertz CT molecular complexity index is 744. The van der Waals surface area contributed by atoms with Gasteiger partial charge in [0.2, 0.25) is 0 Å². The number of benzene rings is 2. The molecule has 0 aliphatic heterocycles. The van der Waals surface area contributed by atoms with Crippen molar-refractivity contribution in [1.29, 1.82) is 0 Å². The maximum Gasteiger partial charge on any atom is 0.338 e. The van der Waals surface area contributed by atoms with Gasteiger partial charge < -0.3 is 20.1 Å². The summed E-state index contributed by atoms with van der Waals surface area (Å²) in [6.07, 6.45) is 0. The number of carbonyl (C=O) groups is 2.